The fourth-order valence-electron chi connectivity index (χ4n) is 7.15. The second kappa shape index (κ2) is 16.6. The summed E-state index contributed by atoms with van der Waals surface area (Å²) < 4.78 is 109. The molecule has 2 saturated carbocycles. The van der Waals surface area contributed by atoms with Crippen LogP contribution in [0.2, 0.25) is 0 Å². The summed E-state index contributed by atoms with van der Waals surface area (Å²) in [5.41, 5.74) is -7.62. The summed E-state index contributed by atoms with van der Waals surface area (Å²) in [6, 6.07) is 13.1. The van der Waals surface area contributed by atoms with E-state index < -0.39 is 58.8 Å². The zero-order chi connectivity index (χ0) is 35.7. The quantitative estimate of drug-likeness (QED) is 0.118. The number of carbonyl (C=O) groups is 2. The molecule has 2 aliphatic rings. The first-order valence-corrected chi connectivity index (χ1v) is 16.8. The monoisotopic (exact) mass is 698 g/mol. The average Bonchev–Trinajstić information content (AvgIpc) is 3.09. The van der Waals surface area contributed by atoms with E-state index in [2.05, 4.69) is 0 Å². The second-order valence-electron chi connectivity index (χ2n) is 12.8. The van der Waals surface area contributed by atoms with Gasteiger partial charge in [0.25, 0.3) is 11.2 Å². The van der Waals surface area contributed by atoms with Crippen LogP contribution in [0.1, 0.15) is 81.8 Å². The van der Waals surface area contributed by atoms with Gasteiger partial charge in [0.1, 0.15) is 12.2 Å². The Morgan fingerprint density at radius 1 is 0.653 bits per heavy atom. The molecule has 0 amide bonds. The van der Waals surface area contributed by atoms with Gasteiger partial charge in [-0.3, -0.25) is 0 Å². The summed E-state index contributed by atoms with van der Waals surface area (Å²) in [7, 11) is 1.60. The molecule has 270 valence electrons. The fraction of sp³-hybridized carbons (Fsp3) is 0.568. The summed E-state index contributed by atoms with van der Waals surface area (Å²) in [5, 5.41) is 0. The summed E-state index contributed by atoms with van der Waals surface area (Å²) in [6.45, 7) is 0. The van der Waals surface area contributed by atoms with Crippen LogP contribution in [-0.4, -0.2) is 50.7 Å². The molecule has 2 aromatic carbocycles. The Balaban J connectivity index is 1.64. The molecule has 6 nitrogen and oxygen atoms in total. The Morgan fingerprint density at radius 3 is 1.47 bits per heavy atom. The maximum Gasteiger partial charge on any atom is 0.432 e. The van der Waals surface area contributed by atoms with Crippen LogP contribution in [-0.2, 0) is 39.7 Å². The van der Waals surface area contributed by atoms with E-state index in [0.29, 0.717) is 25.7 Å². The van der Waals surface area contributed by atoms with Gasteiger partial charge in [-0.15, -0.1) is 0 Å². The average molecular weight is 699 g/mol. The molecule has 2 aromatic rings. The van der Waals surface area contributed by atoms with Crippen LogP contribution in [0.4, 0.5) is 26.3 Å². The molecule has 0 bridgehead atoms. The van der Waals surface area contributed by atoms with E-state index in [1.165, 1.54) is 48.6 Å². The lowest BCUT2D eigenvalue weighted by Gasteiger charge is -2.36. The van der Waals surface area contributed by atoms with Crippen molar-refractivity contribution in [1.82, 2.24) is 0 Å². The van der Waals surface area contributed by atoms with E-state index in [1.54, 1.807) is 0 Å². The minimum absolute atomic E-state index is 0.0446. The third-order valence-corrected chi connectivity index (χ3v) is 9.83. The molecule has 4 atom stereocenters. The fourth-order valence-corrected chi connectivity index (χ4v) is 7.15. The Bertz CT molecular complexity index is 1370. The van der Waals surface area contributed by atoms with Crippen LogP contribution in [0.25, 0.3) is 0 Å². The molecule has 4 rings (SSSR count). The van der Waals surface area contributed by atoms with E-state index >= 15 is 0 Å². The lowest BCUT2D eigenvalue weighted by Crippen LogP contribution is -2.53. The normalized spacial score (nSPS) is 20.6. The van der Waals surface area contributed by atoms with Crippen molar-refractivity contribution in [3.63, 3.8) is 0 Å². The van der Waals surface area contributed by atoms with Gasteiger partial charge in [0, 0.05) is 31.8 Å². The minimum atomic E-state index is -5.16. The molecular formula is C37H44F6O6. The zero-order valence-electron chi connectivity index (χ0n) is 27.7. The van der Waals surface area contributed by atoms with Gasteiger partial charge in [0.15, 0.2) is 0 Å². The number of rotatable bonds is 13. The van der Waals surface area contributed by atoms with Crippen molar-refractivity contribution >= 4 is 11.9 Å². The molecule has 0 unspecified atom stereocenters. The van der Waals surface area contributed by atoms with Gasteiger partial charge in [-0.25, -0.2) is 9.59 Å². The van der Waals surface area contributed by atoms with E-state index in [1.807, 2.05) is 0 Å². The lowest BCUT2D eigenvalue weighted by atomic mass is 9.83. The minimum Gasteiger partial charge on any atom is -0.459 e. The Labute approximate surface area is 283 Å². The number of esters is 2. The Hall–Kier alpha value is -3.38. The number of methoxy groups -OCH3 is 2. The van der Waals surface area contributed by atoms with E-state index in [9.17, 15) is 35.9 Å². The predicted octanol–water partition coefficient (Wildman–Crippen LogP) is 9.13. The number of hydrogen-bond donors (Lipinski definition) is 0. The maximum atomic E-state index is 14.6. The molecule has 49 heavy (non-hydrogen) atoms. The molecule has 0 heterocycles. The Morgan fingerprint density at radius 2 is 1.06 bits per heavy atom. The first-order valence-electron chi connectivity index (χ1n) is 16.8. The molecular weight excluding hydrogens is 654 g/mol. The summed E-state index contributed by atoms with van der Waals surface area (Å²) >= 11 is 0. The molecule has 2 aliphatic carbocycles. The maximum absolute atomic E-state index is 14.6. The van der Waals surface area contributed by atoms with Gasteiger partial charge in [-0.1, -0.05) is 105 Å². The van der Waals surface area contributed by atoms with Gasteiger partial charge < -0.3 is 18.9 Å². The van der Waals surface area contributed by atoms with E-state index in [0.717, 1.165) is 77.0 Å². The standard InChI is InChI=1S/C37H44F6O6/c1-46-34(36(38,39)40,28-20-11-5-12-21-28)32(44)48-30(26-16-7-3-8-17-26)24-15-25-31(27-18-9-4-10-19-27)49-33(45)35(47-2,37(41,42)43)29-22-13-6-14-23-29/h5-6,11-15,20-24,26-27,30-31H,3-4,7-10,16-19,25H2,1-2H3/b24-15-/t30-,31+,34-,35-/m1/s1. The summed E-state index contributed by atoms with van der Waals surface area (Å²) in [6.07, 6.45) is -1.97. The number of alkyl halides is 6. The largest absolute Gasteiger partial charge is 0.459 e. The highest BCUT2D eigenvalue weighted by Crippen LogP contribution is 2.45. The van der Waals surface area contributed by atoms with Crippen molar-refractivity contribution in [3.8, 4) is 0 Å². The topological polar surface area (TPSA) is 71.1 Å². The van der Waals surface area contributed by atoms with Crippen molar-refractivity contribution in [2.45, 2.75) is 106 Å². The lowest BCUT2D eigenvalue weighted by molar-refractivity contribution is -0.279. The van der Waals surface area contributed by atoms with Crippen LogP contribution in [0.5, 0.6) is 0 Å². The highest BCUT2D eigenvalue weighted by molar-refractivity contribution is 5.83. The zero-order valence-corrected chi connectivity index (χ0v) is 27.7. The van der Waals surface area contributed by atoms with Crippen molar-refractivity contribution in [3.05, 3.63) is 83.9 Å². The summed E-state index contributed by atoms with van der Waals surface area (Å²) in [5.74, 6) is -3.79. The molecule has 12 heteroatoms. The van der Waals surface area contributed by atoms with Gasteiger partial charge in [-0.05, 0) is 43.6 Å². The van der Waals surface area contributed by atoms with Gasteiger partial charge in [0.05, 0.1) is 0 Å². The van der Waals surface area contributed by atoms with Crippen LogP contribution >= 0.6 is 0 Å². The van der Waals surface area contributed by atoms with E-state index in [4.69, 9.17) is 18.9 Å². The third kappa shape index (κ3) is 8.33. The first kappa shape index (κ1) is 38.4. The molecule has 0 spiro atoms. The smallest absolute Gasteiger partial charge is 0.432 e. The highest BCUT2D eigenvalue weighted by atomic mass is 19.4. The molecule has 0 N–H and O–H groups in total. The van der Waals surface area contributed by atoms with Crippen molar-refractivity contribution in [2.75, 3.05) is 14.2 Å². The molecule has 0 saturated heterocycles. The SMILES string of the molecule is CO[C@@](C(=O)O[C@@H](C/C=C\[C@@H](OC(=O)[C@](OC)(c1ccccc1)C(F)(F)F)C1CCCCC1)C1CCCCC1)(c1ccccc1)C(F)(F)F. The van der Waals surface area contributed by atoms with Crippen molar-refractivity contribution in [1.29, 1.82) is 0 Å². The van der Waals surface area contributed by atoms with Crippen LogP contribution in [0, 0.1) is 11.8 Å². The molecule has 2 fully saturated rings. The summed E-state index contributed by atoms with van der Waals surface area (Å²) in [4.78, 5) is 27.1. The number of carbonyl (C=O) groups excluding carboxylic acids is 2. The molecule has 0 aliphatic heterocycles. The van der Waals surface area contributed by atoms with Gasteiger partial charge in [0.2, 0.25) is 0 Å². The van der Waals surface area contributed by atoms with Crippen molar-refractivity contribution < 1.29 is 54.9 Å². The second-order valence-corrected chi connectivity index (χ2v) is 12.8. The van der Waals surface area contributed by atoms with Crippen molar-refractivity contribution in [2.24, 2.45) is 11.8 Å². The van der Waals surface area contributed by atoms with Crippen LogP contribution < -0.4 is 0 Å². The number of halogens is 6. The number of hydrogen-bond acceptors (Lipinski definition) is 6. The number of benzene rings is 2. The van der Waals surface area contributed by atoms with Gasteiger partial charge in [-0.2, -0.15) is 26.3 Å². The number of ether oxygens (including phenoxy) is 4. The van der Waals surface area contributed by atoms with Gasteiger partial charge >= 0.3 is 24.3 Å². The van der Waals surface area contributed by atoms with E-state index in [-0.39, 0.29) is 18.3 Å². The highest BCUT2D eigenvalue weighted by Gasteiger charge is 2.65. The van der Waals surface area contributed by atoms with Crippen LogP contribution in [0.15, 0.2) is 72.8 Å². The molecule has 0 radical (unpaired) electrons. The van der Waals surface area contributed by atoms with Crippen LogP contribution in [0.3, 0.4) is 0 Å². The Kier molecular flexibility index (Phi) is 13.0. The first-order chi connectivity index (χ1) is 23.3. The predicted molar refractivity (Wildman–Crippen MR) is 169 cm³/mol. The third-order valence-electron chi connectivity index (χ3n) is 9.83. The molecule has 0 aromatic heterocycles.